The predicted octanol–water partition coefficient (Wildman–Crippen LogP) is 4.74. The Morgan fingerprint density at radius 1 is 1.00 bits per heavy atom. The second-order valence-electron chi connectivity index (χ2n) is 7.25. The molecule has 152 valence electrons. The molecule has 1 saturated heterocycles. The van der Waals surface area contributed by atoms with Gasteiger partial charge in [-0.3, -0.25) is 0 Å². The van der Waals surface area contributed by atoms with Gasteiger partial charge in [0.25, 0.3) is 0 Å². The zero-order valence-electron chi connectivity index (χ0n) is 16.1. The molecule has 0 atom stereocenters. The lowest BCUT2D eigenvalue weighted by molar-refractivity contribution is 0.208. The lowest BCUT2D eigenvalue weighted by Crippen LogP contribution is -2.50. The molecule has 1 fully saturated rings. The Kier molecular flexibility index (Phi) is 4.78. The third kappa shape index (κ3) is 3.47. The van der Waals surface area contributed by atoms with Gasteiger partial charge in [0.15, 0.2) is 5.82 Å². The Balaban J connectivity index is 1.35. The van der Waals surface area contributed by atoms with E-state index < -0.39 is 0 Å². The smallest absolute Gasteiger partial charge is 0.321 e. The average molecular weight is 468 g/mol. The number of carbonyl (C=O) groups is 1. The first kappa shape index (κ1) is 18.9. The molecule has 5 rings (SSSR count). The van der Waals surface area contributed by atoms with Crippen molar-refractivity contribution < 1.29 is 9.18 Å². The molecular weight excluding hydrogens is 449 g/mol. The Morgan fingerprint density at radius 3 is 2.63 bits per heavy atom. The third-order valence-electron chi connectivity index (χ3n) is 5.34. The normalized spacial score (nSPS) is 14.5. The summed E-state index contributed by atoms with van der Waals surface area (Å²) in [7, 11) is 0. The van der Waals surface area contributed by atoms with Crippen molar-refractivity contribution in [2.75, 3.05) is 36.4 Å². The Bertz CT molecular complexity index is 1250. The quantitative estimate of drug-likeness (QED) is 0.463. The number of nitrogens with one attached hydrogen (secondary N) is 1. The standard InChI is InChI=1S/C22H19BrFN5O/c23-15-6-7-19-18(13-15)26-21(20-5-2-8-29(19)20)27-9-11-28(12-10-27)22(30)25-17-4-1-3-16(24)14-17/h1-8,13-14H,9-12H2,(H,25,30). The summed E-state index contributed by atoms with van der Waals surface area (Å²) < 4.78 is 16.5. The summed E-state index contributed by atoms with van der Waals surface area (Å²) in [6, 6.07) is 15.9. The summed E-state index contributed by atoms with van der Waals surface area (Å²) in [5.41, 5.74) is 3.46. The van der Waals surface area contributed by atoms with Crippen LogP contribution in [-0.2, 0) is 0 Å². The number of hydrogen-bond donors (Lipinski definition) is 1. The number of aromatic nitrogens is 2. The first-order valence-electron chi connectivity index (χ1n) is 9.71. The Hall–Kier alpha value is -3.13. The van der Waals surface area contributed by atoms with E-state index in [0.717, 1.165) is 26.8 Å². The highest BCUT2D eigenvalue weighted by Gasteiger charge is 2.24. The van der Waals surface area contributed by atoms with Crippen LogP contribution in [0.5, 0.6) is 0 Å². The van der Waals surface area contributed by atoms with Gasteiger partial charge in [-0.15, -0.1) is 0 Å². The fourth-order valence-corrected chi connectivity index (χ4v) is 4.21. The van der Waals surface area contributed by atoms with Crippen LogP contribution in [0.4, 0.5) is 20.7 Å². The average Bonchev–Trinajstić information content (AvgIpc) is 3.23. The molecule has 1 aliphatic rings. The molecule has 3 heterocycles. The number of fused-ring (bicyclic) bond motifs is 3. The highest BCUT2D eigenvalue weighted by atomic mass is 79.9. The maximum Gasteiger partial charge on any atom is 0.321 e. The van der Waals surface area contributed by atoms with Crippen molar-refractivity contribution >= 4 is 50.0 Å². The van der Waals surface area contributed by atoms with Crippen LogP contribution in [-0.4, -0.2) is 46.5 Å². The van der Waals surface area contributed by atoms with Gasteiger partial charge in [-0.05, 0) is 48.5 Å². The van der Waals surface area contributed by atoms with Crippen LogP contribution in [0.15, 0.2) is 65.3 Å². The van der Waals surface area contributed by atoms with Crippen molar-refractivity contribution in [2.24, 2.45) is 0 Å². The van der Waals surface area contributed by atoms with E-state index in [1.807, 2.05) is 24.4 Å². The van der Waals surface area contributed by atoms with Crippen LogP contribution in [0.2, 0.25) is 0 Å². The van der Waals surface area contributed by atoms with E-state index in [0.29, 0.717) is 31.9 Å². The monoisotopic (exact) mass is 467 g/mol. The first-order chi connectivity index (χ1) is 14.6. The number of piperazine rings is 1. The zero-order chi connectivity index (χ0) is 20.7. The summed E-state index contributed by atoms with van der Waals surface area (Å²) >= 11 is 3.53. The minimum atomic E-state index is -0.372. The van der Waals surface area contributed by atoms with Crippen LogP contribution in [0.1, 0.15) is 0 Å². The van der Waals surface area contributed by atoms with Gasteiger partial charge in [0, 0.05) is 42.5 Å². The lowest BCUT2D eigenvalue weighted by atomic mass is 10.2. The Morgan fingerprint density at radius 2 is 1.83 bits per heavy atom. The summed E-state index contributed by atoms with van der Waals surface area (Å²) in [5.74, 6) is 0.540. The van der Waals surface area contributed by atoms with Crippen LogP contribution in [0.25, 0.3) is 16.6 Å². The SMILES string of the molecule is O=C(Nc1cccc(F)c1)N1CCN(c2nc3cc(Br)ccc3n3cccc23)CC1. The van der Waals surface area contributed by atoms with Gasteiger partial charge < -0.3 is 19.5 Å². The van der Waals surface area contributed by atoms with E-state index in [2.05, 4.69) is 42.7 Å². The van der Waals surface area contributed by atoms with Crippen molar-refractivity contribution in [2.45, 2.75) is 0 Å². The summed E-state index contributed by atoms with van der Waals surface area (Å²) in [6.07, 6.45) is 2.04. The predicted molar refractivity (Wildman–Crippen MR) is 120 cm³/mol. The van der Waals surface area contributed by atoms with Gasteiger partial charge in [-0.25, -0.2) is 14.2 Å². The van der Waals surface area contributed by atoms with Crippen molar-refractivity contribution in [1.82, 2.24) is 14.3 Å². The number of anilines is 2. The highest BCUT2D eigenvalue weighted by Crippen LogP contribution is 2.28. The number of halogens is 2. The molecule has 0 unspecified atom stereocenters. The molecule has 1 N–H and O–H groups in total. The maximum absolute atomic E-state index is 13.4. The minimum absolute atomic E-state index is 0.219. The number of amides is 2. The van der Waals surface area contributed by atoms with Crippen LogP contribution < -0.4 is 10.2 Å². The molecule has 0 radical (unpaired) electrons. The molecule has 2 amide bonds. The fourth-order valence-electron chi connectivity index (χ4n) is 3.86. The van der Waals surface area contributed by atoms with E-state index in [1.54, 1.807) is 17.0 Å². The third-order valence-corrected chi connectivity index (χ3v) is 5.84. The van der Waals surface area contributed by atoms with Crippen LogP contribution >= 0.6 is 15.9 Å². The first-order valence-corrected chi connectivity index (χ1v) is 10.5. The molecule has 0 aliphatic carbocycles. The van der Waals surface area contributed by atoms with Gasteiger partial charge in [0.1, 0.15) is 5.82 Å². The van der Waals surface area contributed by atoms with Crippen LogP contribution in [0, 0.1) is 5.82 Å². The van der Waals surface area contributed by atoms with Gasteiger partial charge >= 0.3 is 6.03 Å². The number of hydrogen-bond acceptors (Lipinski definition) is 3. The molecule has 2 aromatic heterocycles. The molecule has 2 aromatic carbocycles. The number of rotatable bonds is 2. The zero-order valence-corrected chi connectivity index (χ0v) is 17.6. The van der Waals surface area contributed by atoms with E-state index in [1.165, 1.54) is 12.1 Å². The molecular formula is C22H19BrFN5O. The molecule has 4 aromatic rings. The number of urea groups is 1. The molecule has 6 nitrogen and oxygen atoms in total. The fraction of sp³-hybridized carbons (Fsp3) is 0.182. The second kappa shape index (κ2) is 7.60. The van der Waals surface area contributed by atoms with Crippen molar-refractivity contribution in [3.63, 3.8) is 0 Å². The summed E-state index contributed by atoms with van der Waals surface area (Å²) in [6.45, 7) is 2.46. The van der Waals surface area contributed by atoms with E-state index in [9.17, 15) is 9.18 Å². The Labute approximate surface area is 181 Å². The molecule has 0 bridgehead atoms. The van der Waals surface area contributed by atoms with Crippen LogP contribution in [0.3, 0.4) is 0 Å². The van der Waals surface area contributed by atoms with E-state index in [-0.39, 0.29) is 11.8 Å². The molecule has 30 heavy (non-hydrogen) atoms. The lowest BCUT2D eigenvalue weighted by Gasteiger charge is -2.35. The number of carbonyl (C=O) groups excluding carboxylic acids is 1. The van der Waals surface area contributed by atoms with Crippen molar-refractivity contribution in [3.05, 3.63) is 71.1 Å². The molecule has 0 spiro atoms. The summed E-state index contributed by atoms with van der Waals surface area (Å²) in [5, 5.41) is 2.77. The topological polar surface area (TPSA) is 52.9 Å². The number of nitrogens with zero attached hydrogens (tertiary/aromatic N) is 4. The largest absolute Gasteiger partial charge is 0.351 e. The minimum Gasteiger partial charge on any atom is -0.351 e. The number of benzene rings is 2. The van der Waals surface area contributed by atoms with Crippen molar-refractivity contribution in [1.29, 1.82) is 0 Å². The highest BCUT2D eigenvalue weighted by molar-refractivity contribution is 9.10. The second-order valence-corrected chi connectivity index (χ2v) is 8.16. The van der Waals surface area contributed by atoms with Gasteiger partial charge in [-0.1, -0.05) is 22.0 Å². The molecule has 1 aliphatic heterocycles. The van der Waals surface area contributed by atoms with E-state index in [4.69, 9.17) is 4.98 Å². The molecule has 0 saturated carbocycles. The van der Waals surface area contributed by atoms with Crippen molar-refractivity contribution in [3.8, 4) is 0 Å². The maximum atomic E-state index is 13.4. The summed E-state index contributed by atoms with van der Waals surface area (Å²) in [4.78, 5) is 21.4. The molecule has 8 heteroatoms. The van der Waals surface area contributed by atoms with Gasteiger partial charge in [0.05, 0.1) is 16.6 Å². The van der Waals surface area contributed by atoms with Gasteiger partial charge in [0.2, 0.25) is 0 Å². The van der Waals surface area contributed by atoms with E-state index >= 15 is 0 Å². The van der Waals surface area contributed by atoms with Gasteiger partial charge in [-0.2, -0.15) is 0 Å².